The van der Waals surface area contributed by atoms with E-state index in [1.165, 1.54) is 6.07 Å². The van der Waals surface area contributed by atoms with E-state index in [4.69, 9.17) is 0 Å². The standard InChI is InChI=1S/C14H11BrF3N/c1-8(11-4-2-9(15)6-13(11)18)19-14-7-10(16)3-5-12(14)17/h2-8,19H,1H3. The quantitative estimate of drug-likeness (QED) is 0.831. The average molecular weight is 330 g/mol. The third-order valence-corrected chi connectivity index (χ3v) is 3.22. The highest BCUT2D eigenvalue weighted by molar-refractivity contribution is 9.10. The minimum atomic E-state index is -0.578. The number of rotatable bonds is 3. The van der Waals surface area contributed by atoms with Gasteiger partial charge in [-0.2, -0.15) is 0 Å². The van der Waals surface area contributed by atoms with Crippen molar-refractivity contribution in [3.05, 3.63) is 63.9 Å². The van der Waals surface area contributed by atoms with Crippen molar-refractivity contribution in [2.75, 3.05) is 5.32 Å². The lowest BCUT2D eigenvalue weighted by atomic mass is 10.1. The van der Waals surface area contributed by atoms with Crippen LogP contribution in [0.25, 0.3) is 0 Å². The summed E-state index contributed by atoms with van der Waals surface area (Å²) in [6.07, 6.45) is 0. The van der Waals surface area contributed by atoms with Crippen LogP contribution >= 0.6 is 15.9 Å². The maximum Gasteiger partial charge on any atom is 0.146 e. The van der Waals surface area contributed by atoms with Crippen LogP contribution in [-0.2, 0) is 0 Å². The molecule has 1 nitrogen and oxygen atoms in total. The molecular weight excluding hydrogens is 319 g/mol. The molecule has 19 heavy (non-hydrogen) atoms. The second-order valence-corrected chi connectivity index (χ2v) is 5.07. The molecule has 2 rings (SSSR count). The van der Waals surface area contributed by atoms with Crippen LogP contribution < -0.4 is 5.32 Å². The van der Waals surface area contributed by atoms with Gasteiger partial charge in [-0.1, -0.05) is 22.0 Å². The minimum Gasteiger partial charge on any atom is -0.376 e. The maximum atomic E-state index is 13.7. The zero-order chi connectivity index (χ0) is 14.0. The normalized spacial score (nSPS) is 12.3. The van der Waals surface area contributed by atoms with Gasteiger partial charge in [0.25, 0.3) is 0 Å². The lowest BCUT2D eigenvalue weighted by Crippen LogP contribution is -2.10. The van der Waals surface area contributed by atoms with E-state index in [1.54, 1.807) is 19.1 Å². The fourth-order valence-electron chi connectivity index (χ4n) is 1.77. The van der Waals surface area contributed by atoms with Crippen LogP contribution in [0.5, 0.6) is 0 Å². The summed E-state index contributed by atoms with van der Waals surface area (Å²) in [5.74, 6) is -1.54. The van der Waals surface area contributed by atoms with E-state index in [1.807, 2.05) is 0 Å². The molecule has 0 amide bonds. The van der Waals surface area contributed by atoms with E-state index < -0.39 is 23.5 Å². The number of hydrogen-bond donors (Lipinski definition) is 1. The van der Waals surface area contributed by atoms with Crippen molar-refractivity contribution in [1.82, 2.24) is 0 Å². The first kappa shape index (κ1) is 13.9. The van der Waals surface area contributed by atoms with Crippen molar-refractivity contribution in [2.45, 2.75) is 13.0 Å². The Balaban J connectivity index is 2.25. The summed E-state index contributed by atoms with van der Waals surface area (Å²) < 4.78 is 40.9. The van der Waals surface area contributed by atoms with E-state index in [9.17, 15) is 13.2 Å². The Morgan fingerprint density at radius 2 is 1.74 bits per heavy atom. The maximum absolute atomic E-state index is 13.7. The van der Waals surface area contributed by atoms with Crippen molar-refractivity contribution in [3.8, 4) is 0 Å². The van der Waals surface area contributed by atoms with Crippen molar-refractivity contribution in [1.29, 1.82) is 0 Å². The molecule has 1 unspecified atom stereocenters. The molecule has 5 heteroatoms. The largest absolute Gasteiger partial charge is 0.376 e. The molecule has 100 valence electrons. The Kier molecular flexibility index (Phi) is 4.14. The van der Waals surface area contributed by atoms with Crippen molar-refractivity contribution < 1.29 is 13.2 Å². The molecule has 0 radical (unpaired) electrons. The van der Waals surface area contributed by atoms with Crippen LogP contribution in [0.1, 0.15) is 18.5 Å². The van der Waals surface area contributed by atoms with E-state index in [0.717, 1.165) is 18.2 Å². The second-order valence-electron chi connectivity index (χ2n) is 4.16. The third kappa shape index (κ3) is 3.29. The molecule has 2 aromatic carbocycles. The van der Waals surface area contributed by atoms with Gasteiger partial charge in [0.1, 0.15) is 17.5 Å². The van der Waals surface area contributed by atoms with Gasteiger partial charge in [0.2, 0.25) is 0 Å². The number of nitrogens with one attached hydrogen (secondary N) is 1. The van der Waals surface area contributed by atoms with E-state index in [-0.39, 0.29) is 5.69 Å². The lowest BCUT2D eigenvalue weighted by Gasteiger charge is -2.17. The van der Waals surface area contributed by atoms with Gasteiger partial charge >= 0.3 is 0 Å². The van der Waals surface area contributed by atoms with Gasteiger partial charge in [0.15, 0.2) is 0 Å². The van der Waals surface area contributed by atoms with Gasteiger partial charge in [-0.3, -0.25) is 0 Å². The number of benzene rings is 2. The number of halogens is 4. The molecule has 0 aliphatic carbocycles. The first-order valence-corrected chi connectivity index (χ1v) is 6.43. The second kappa shape index (κ2) is 5.65. The molecular formula is C14H11BrF3N. The summed E-state index contributed by atoms with van der Waals surface area (Å²) >= 11 is 3.16. The topological polar surface area (TPSA) is 12.0 Å². The summed E-state index contributed by atoms with van der Waals surface area (Å²) in [4.78, 5) is 0. The summed E-state index contributed by atoms with van der Waals surface area (Å²) in [6.45, 7) is 1.68. The molecule has 0 heterocycles. The zero-order valence-electron chi connectivity index (χ0n) is 10.1. The Bertz CT molecular complexity index is 601. The Morgan fingerprint density at radius 1 is 1.00 bits per heavy atom. The molecule has 0 saturated carbocycles. The van der Waals surface area contributed by atoms with Gasteiger partial charge in [0, 0.05) is 10.0 Å². The smallest absolute Gasteiger partial charge is 0.146 e. The summed E-state index contributed by atoms with van der Waals surface area (Å²) in [5.41, 5.74) is 0.390. The number of anilines is 1. The van der Waals surface area contributed by atoms with Gasteiger partial charge in [-0.15, -0.1) is 0 Å². The Labute approximate surface area is 117 Å². The molecule has 2 aromatic rings. The summed E-state index contributed by atoms with van der Waals surface area (Å²) in [7, 11) is 0. The molecule has 1 atom stereocenters. The molecule has 0 spiro atoms. The van der Waals surface area contributed by atoms with Gasteiger partial charge in [-0.25, -0.2) is 13.2 Å². The summed E-state index contributed by atoms with van der Waals surface area (Å²) in [6, 6.07) is 7.24. The molecule has 0 saturated heterocycles. The zero-order valence-corrected chi connectivity index (χ0v) is 11.6. The first-order valence-electron chi connectivity index (χ1n) is 5.64. The Hall–Kier alpha value is -1.49. The van der Waals surface area contributed by atoms with E-state index in [2.05, 4.69) is 21.2 Å². The van der Waals surface area contributed by atoms with Gasteiger partial charge in [0.05, 0.1) is 11.7 Å². The SMILES string of the molecule is CC(Nc1cc(F)ccc1F)c1ccc(Br)cc1F. The molecule has 0 aromatic heterocycles. The predicted molar refractivity (Wildman–Crippen MR) is 72.5 cm³/mol. The summed E-state index contributed by atoms with van der Waals surface area (Å²) in [5, 5.41) is 2.76. The molecule has 0 aliphatic rings. The van der Waals surface area contributed by atoms with Crippen LogP contribution in [0.15, 0.2) is 40.9 Å². The number of hydrogen-bond acceptors (Lipinski definition) is 1. The van der Waals surface area contributed by atoms with Gasteiger partial charge in [-0.05, 0) is 37.3 Å². The molecule has 0 fully saturated rings. The van der Waals surface area contributed by atoms with Crippen molar-refractivity contribution in [3.63, 3.8) is 0 Å². The predicted octanol–water partition coefficient (Wildman–Crippen LogP) is 5.04. The van der Waals surface area contributed by atoms with Crippen molar-refractivity contribution >= 4 is 21.6 Å². The first-order chi connectivity index (χ1) is 8.97. The van der Waals surface area contributed by atoms with Gasteiger partial charge < -0.3 is 5.32 Å². The van der Waals surface area contributed by atoms with E-state index in [0.29, 0.717) is 10.0 Å². The van der Waals surface area contributed by atoms with Crippen LogP contribution in [-0.4, -0.2) is 0 Å². The van der Waals surface area contributed by atoms with Crippen molar-refractivity contribution in [2.24, 2.45) is 0 Å². The highest BCUT2D eigenvalue weighted by Crippen LogP contribution is 2.25. The monoisotopic (exact) mass is 329 g/mol. The Morgan fingerprint density at radius 3 is 2.42 bits per heavy atom. The van der Waals surface area contributed by atoms with Crippen LogP contribution in [0.3, 0.4) is 0 Å². The molecule has 1 N–H and O–H groups in total. The van der Waals surface area contributed by atoms with E-state index >= 15 is 0 Å². The van der Waals surface area contributed by atoms with Crippen LogP contribution in [0, 0.1) is 17.5 Å². The highest BCUT2D eigenvalue weighted by Gasteiger charge is 2.13. The molecule has 0 aliphatic heterocycles. The highest BCUT2D eigenvalue weighted by atomic mass is 79.9. The van der Waals surface area contributed by atoms with Crippen LogP contribution in [0.4, 0.5) is 18.9 Å². The molecule has 0 bridgehead atoms. The van der Waals surface area contributed by atoms with Crippen LogP contribution in [0.2, 0.25) is 0 Å². The lowest BCUT2D eigenvalue weighted by molar-refractivity contribution is 0.590. The fraction of sp³-hybridized carbons (Fsp3) is 0.143. The fourth-order valence-corrected chi connectivity index (χ4v) is 2.10. The third-order valence-electron chi connectivity index (χ3n) is 2.73. The minimum absolute atomic E-state index is 0.00909. The average Bonchev–Trinajstić information content (AvgIpc) is 2.33.